The van der Waals surface area contributed by atoms with Gasteiger partial charge in [-0.15, -0.1) is 0 Å². The minimum Gasteiger partial charge on any atom is -0.409 e. The molecule has 0 aliphatic carbocycles. The van der Waals surface area contributed by atoms with Crippen LogP contribution in [0.15, 0.2) is 5.16 Å². The number of rotatable bonds is 2. The molecule has 0 aromatic heterocycles. The van der Waals surface area contributed by atoms with Crippen molar-refractivity contribution in [2.45, 2.75) is 37.4 Å². The second-order valence-electron chi connectivity index (χ2n) is 5.08. The molecule has 2 atom stereocenters. The summed E-state index contributed by atoms with van der Waals surface area (Å²) in [5.74, 6) is 0.221. The fraction of sp³-hybridized carbons (Fsp3) is 0.909. The second kappa shape index (κ2) is 5.20. The third-order valence-electron chi connectivity index (χ3n) is 3.60. The van der Waals surface area contributed by atoms with Crippen molar-refractivity contribution in [1.29, 1.82) is 0 Å². The molecule has 6 heteroatoms. The first-order chi connectivity index (χ1) is 8.13. The van der Waals surface area contributed by atoms with Crippen molar-refractivity contribution in [3.63, 3.8) is 0 Å². The van der Waals surface area contributed by atoms with Gasteiger partial charge in [-0.2, -0.15) is 0 Å². The molecular weight excluding hydrogens is 222 g/mol. The first-order valence-electron chi connectivity index (χ1n) is 6.14. The monoisotopic (exact) mass is 243 g/mol. The Morgan fingerprint density at radius 2 is 2.41 bits per heavy atom. The van der Waals surface area contributed by atoms with Crippen LogP contribution in [0.4, 0.5) is 0 Å². The maximum absolute atomic E-state index is 9.75. The zero-order valence-electron chi connectivity index (χ0n) is 10.0. The lowest BCUT2D eigenvalue weighted by Gasteiger charge is -2.46. The fourth-order valence-corrected chi connectivity index (χ4v) is 2.87. The van der Waals surface area contributed by atoms with Gasteiger partial charge in [0.2, 0.25) is 0 Å². The van der Waals surface area contributed by atoms with Crippen molar-refractivity contribution in [3.8, 4) is 0 Å². The number of aliphatic hydroxyl groups is 1. The van der Waals surface area contributed by atoms with E-state index >= 15 is 0 Å². The molecule has 0 radical (unpaired) electrons. The van der Waals surface area contributed by atoms with Crippen LogP contribution in [-0.2, 0) is 4.74 Å². The van der Waals surface area contributed by atoms with Gasteiger partial charge in [0, 0.05) is 19.6 Å². The molecule has 1 spiro atoms. The van der Waals surface area contributed by atoms with E-state index < -0.39 is 0 Å². The van der Waals surface area contributed by atoms with E-state index in [-0.39, 0.29) is 17.5 Å². The van der Waals surface area contributed by atoms with Gasteiger partial charge >= 0.3 is 0 Å². The number of nitrogens with zero attached hydrogens (tertiary/aromatic N) is 2. The Bertz CT molecular complexity index is 294. The van der Waals surface area contributed by atoms with Crippen LogP contribution in [0.3, 0.4) is 0 Å². The Hall–Kier alpha value is -0.850. The Morgan fingerprint density at radius 1 is 1.59 bits per heavy atom. The summed E-state index contributed by atoms with van der Waals surface area (Å²) < 4.78 is 5.88. The summed E-state index contributed by atoms with van der Waals surface area (Å²) >= 11 is 0. The number of nitrogens with two attached hydrogens (primary N) is 1. The molecule has 4 N–H and O–H groups in total. The number of amidine groups is 1. The zero-order chi connectivity index (χ0) is 12.3. The molecule has 17 heavy (non-hydrogen) atoms. The lowest BCUT2D eigenvalue weighted by molar-refractivity contribution is -0.145. The lowest BCUT2D eigenvalue weighted by atomic mass is 9.84. The molecule has 2 aliphatic heterocycles. The molecule has 0 bridgehead atoms. The van der Waals surface area contributed by atoms with Crippen molar-refractivity contribution in [2.24, 2.45) is 10.9 Å². The molecule has 2 rings (SSSR count). The topological polar surface area (TPSA) is 91.3 Å². The standard InChI is InChI=1S/C11H21N3O3/c12-10(13-16)7-14-4-1-3-11(8-14)6-9(15)2-5-17-11/h9,15-16H,1-8H2,(H2,12,13)/t9-,11-/m0/s1. The average molecular weight is 243 g/mol. The van der Waals surface area contributed by atoms with Crippen LogP contribution in [0.1, 0.15) is 25.7 Å². The Balaban J connectivity index is 1.96. The summed E-state index contributed by atoms with van der Waals surface area (Å²) in [7, 11) is 0. The summed E-state index contributed by atoms with van der Waals surface area (Å²) in [4.78, 5) is 2.12. The molecule has 0 amide bonds. The molecule has 6 nitrogen and oxygen atoms in total. The summed E-state index contributed by atoms with van der Waals surface area (Å²) in [5.41, 5.74) is 5.29. The van der Waals surface area contributed by atoms with Gasteiger partial charge in [0.25, 0.3) is 0 Å². The van der Waals surface area contributed by atoms with Crippen molar-refractivity contribution in [1.82, 2.24) is 4.90 Å². The SMILES string of the molecule is NC(CN1CCC[C@]2(C[C@@H](O)CCO2)C1)=NO. The van der Waals surface area contributed by atoms with Crippen molar-refractivity contribution < 1.29 is 15.1 Å². The van der Waals surface area contributed by atoms with E-state index in [0.717, 1.165) is 32.4 Å². The highest BCUT2D eigenvalue weighted by atomic mass is 16.5. The quantitative estimate of drug-likeness (QED) is 0.269. The van der Waals surface area contributed by atoms with E-state index in [4.69, 9.17) is 15.7 Å². The average Bonchev–Trinajstić information content (AvgIpc) is 2.28. The smallest absolute Gasteiger partial charge is 0.153 e. The van der Waals surface area contributed by atoms with Crippen LogP contribution < -0.4 is 5.73 Å². The Labute approximate surface area is 101 Å². The number of likely N-dealkylation sites (tertiary alicyclic amines) is 1. The van der Waals surface area contributed by atoms with Gasteiger partial charge in [-0.05, 0) is 25.8 Å². The van der Waals surface area contributed by atoms with E-state index in [1.54, 1.807) is 0 Å². The molecule has 0 aromatic rings. The summed E-state index contributed by atoms with van der Waals surface area (Å²) in [6.45, 7) is 2.76. The summed E-state index contributed by atoms with van der Waals surface area (Å²) in [6, 6.07) is 0. The number of oxime groups is 1. The van der Waals surface area contributed by atoms with Gasteiger partial charge in [0.05, 0.1) is 18.2 Å². The zero-order valence-corrected chi connectivity index (χ0v) is 10.0. The molecule has 2 aliphatic rings. The molecule has 2 heterocycles. The predicted molar refractivity (Wildman–Crippen MR) is 63.0 cm³/mol. The molecule has 98 valence electrons. The molecule has 0 aromatic carbocycles. The Morgan fingerprint density at radius 3 is 3.12 bits per heavy atom. The first-order valence-corrected chi connectivity index (χ1v) is 6.14. The van der Waals surface area contributed by atoms with Gasteiger partial charge in [-0.3, -0.25) is 4.90 Å². The lowest BCUT2D eigenvalue weighted by Crippen LogP contribution is -2.55. The number of hydrogen-bond acceptors (Lipinski definition) is 5. The van der Waals surface area contributed by atoms with E-state index in [1.165, 1.54) is 0 Å². The van der Waals surface area contributed by atoms with E-state index in [2.05, 4.69) is 10.1 Å². The third-order valence-corrected chi connectivity index (χ3v) is 3.60. The van der Waals surface area contributed by atoms with Crippen LogP contribution in [0.25, 0.3) is 0 Å². The van der Waals surface area contributed by atoms with Crippen LogP contribution in [0.5, 0.6) is 0 Å². The first kappa shape index (κ1) is 12.6. The van der Waals surface area contributed by atoms with E-state index in [0.29, 0.717) is 19.6 Å². The maximum Gasteiger partial charge on any atom is 0.153 e. The molecular formula is C11H21N3O3. The van der Waals surface area contributed by atoms with E-state index in [1.807, 2.05) is 0 Å². The van der Waals surface area contributed by atoms with Crippen LogP contribution in [-0.4, -0.2) is 59.0 Å². The van der Waals surface area contributed by atoms with E-state index in [9.17, 15) is 5.11 Å². The predicted octanol–water partition coefficient (Wildman–Crippen LogP) is -0.261. The van der Waals surface area contributed by atoms with Crippen LogP contribution in [0, 0.1) is 0 Å². The third kappa shape index (κ3) is 3.08. The molecule has 0 unspecified atom stereocenters. The molecule has 0 saturated carbocycles. The fourth-order valence-electron chi connectivity index (χ4n) is 2.87. The summed E-state index contributed by atoms with van der Waals surface area (Å²) in [6.07, 6.45) is 3.16. The number of hydrogen-bond donors (Lipinski definition) is 3. The molecule has 2 fully saturated rings. The Kier molecular flexibility index (Phi) is 3.86. The maximum atomic E-state index is 9.75. The summed E-state index contributed by atoms with van der Waals surface area (Å²) in [5, 5.41) is 21.3. The van der Waals surface area contributed by atoms with Crippen LogP contribution >= 0.6 is 0 Å². The second-order valence-corrected chi connectivity index (χ2v) is 5.08. The van der Waals surface area contributed by atoms with Gasteiger partial charge in [0.15, 0.2) is 5.84 Å². The number of ether oxygens (including phenoxy) is 1. The normalized spacial score (nSPS) is 36.3. The minimum atomic E-state index is -0.257. The highest BCUT2D eigenvalue weighted by Gasteiger charge is 2.40. The minimum absolute atomic E-state index is 0.221. The highest BCUT2D eigenvalue weighted by molar-refractivity contribution is 5.81. The molecule has 2 saturated heterocycles. The van der Waals surface area contributed by atoms with Crippen molar-refractivity contribution in [2.75, 3.05) is 26.2 Å². The van der Waals surface area contributed by atoms with Crippen LogP contribution in [0.2, 0.25) is 0 Å². The highest BCUT2D eigenvalue weighted by Crippen LogP contribution is 2.33. The van der Waals surface area contributed by atoms with Gasteiger partial charge in [0.1, 0.15) is 0 Å². The van der Waals surface area contributed by atoms with Gasteiger partial charge in [-0.25, -0.2) is 0 Å². The van der Waals surface area contributed by atoms with Gasteiger partial charge in [-0.1, -0.05) is 5.16 Å². The van der Waals surface area contributed by atoms with Gasteiger partial charge < -0.3 is 20.8 Å². The largest absolute Gasteiger partial charge is 0.409 e. The number of piperidine rings is 1. The van der Waals surface area contributed by atoms with Crippen molar-refractivity contribution in [3.05, 3.63) is 0 Å². The van der Waals surface area contributed by atoms with Crippen molar-refractivity contribution >= 4 is 5.84 Å². The number of aliphatic hydroxyl groups excluding tert-OH is 1.